The molecule has 0 saturated carbocycles. The van der Waals surface area contributed by atoms with Crippen molar-refractivity contribution in [3.8, 4) is 5.75 Å². The molecule has 2 rings (SSSR count). The van der Waals surface area contributed by atoms with Crippen molar-refractivity contribution >= 4 is 11.9 Å². The Morgan fingerprint density at radius 3 is 2.40 bits per heavy atom. The van der Waals surface area contributed by atoms with E-state index in [0.29, 0.717) is 32.5 Å². The molecule has 0 atom stereocenters. The van der Waals surface area contributed by atoms with Crippen LogP contribution in [0.25, 0.3) is 0 Å². The van der Waals surface area contributed by atoms with Crippen LogP contribution in [0.4, 0.5) is 8.78 Å². The zero-order valence-corrected chi connectivity index (χ0v) is 14.0. The molecule has 1 fully saturated rings. The molecule has 0 radical (unpaired) electrons. The predicted molar refractivity (Wildman–Crippen MR) is 86.3 cm³/mol. The summed E-state index contributed by atoms with van der Waals surface area (Å²) in [5.41, 5.74) is 0.807. The predicted octanol–water partition coefficient (Wildman–Crippen LogP) is 2.04. The van der Waals surface area contributed by atoms with E-state index in [2.05, 4.69) is 4.74 Å². The smallest absolute Gasteiger partial charge is 0.387 e. The molecule has 1 heterocycles. The van der Waals surface area contributed by atoms with Crippen molar-refractivity contribution in [3.63, 3.8) is 0 Å². The Morgan fingerprint density at radius 1 is 1.28 bits per heavy atom. The molecule has 0 unspecified atom stereocenters. The van der Waals surface area contributed by atoms with Crippen molar-refractivity contribution < 1.29 is 28.2 Å². The van der Waals surface area contributed by atoms with Gasteiger partial charge in [0.2, 0.25) is 5.91 Å². The highest BCUT2D eigenvalue weighted by atomic mass is 19.3. The van der Waals surface area contributed by atoms with E-state index in [-0.39, 0.29) is 24.1 Å². The fraction of sp³-hybridized carbons (Fsp3) is 0.529. The van der Waals surface area contributed by atoms with Gasteiger partial charge in [-0.05, 0) is 43.6 Å². The number of halogens is 2. The number of alkyl halides is 2. The number of piperidine rings is 1. The molecule has 1 amide bonds. The monoisotopic (exact) mass is 356 g/mol. The Labute approximate surface area is 145 Å². The largest absolute Gasteiger partial charge is 0.481 e. The van der Waals surface area contributed by atoms with Gasteiger partial charge in [0.1, 0.15) is 5.75 Å². The zero-order valence-electron chi connectivity index (χ0n) is 14.0. The highest BCUT2D eigenvalue weighted by molar-refractivity contribution is 5.78. The van der Waals surface area contributed by atoms with Crippen LogP contribution >= 0.6 is 0 Å². The van der Waals surface area contributed by atoms with Crippen molar-refractivity contribution in [2.24, 2.45) is 5.92 Å². The first kappa shape index (κ1) is 19.1. The first-order valence-electron chi connectivity index (χ1n) is 8.08. The number of amides is 1. The van der Waals surface area contributed by atoms with Crippen LogP contribution in [0.5, 0.6) is 5.75 Å². The van der Waals surface area contributed by atoms with Gasteiger partial charge in [0.15, 0.2) is 0 Å². The Bertz CT molecular complexity index is 587. The lowest BCUT2D eigenvalue weighted by molar-refractivity contribution is -0.143. The molecule has 1 saturated heterocycles. The first-order valence-corrected chi connectivity index (χ1v) is 8.08. The number of carbonyl (C=O) groups excluding carboxylic acids is 1. The van der Waals surface area contributed by atoms with Crippen LogP contribution in [0.2, 0.25) is 0 Å². The third kappa shape index (κ3) is 5.97. The van der Waals surface area contributed by atoms with Crippen LogP contribution in [0.1, 0.15) is 18.4 Å². The van der Waals surface area contributed by atoms with Gasteiger partial charge < -0.3 is 14.7 Å². The van der Waals surface area contributed by atoms with Crippen LogP contribution in [0.3, 0.4) is 0 Å². The topological polar surface area (TPSA) is 70.1 Å². The number of carboxylic acids is 1. The van der Waals surface area contributed by atoms with Gasteiger partial charge in [-0.15, -0.1) is 0 Å². The number of benzene rings is 1. The average molecular weight is 356 g/mol. The number of likely N-dealkylation sites (N-methyl/N-ethyl adjacent to an activating group) is 1. The minimum atomic E-state index is -2.86. The van der Waals surface area contributed by atoms with Crippen LogP contribution < -0.4 is 4.74 Å². The number of carboxylic acid groups (broad SMARTS) is 1. The summed E-state index contributed by atoms with van der Waals surface area (Å²) in [4.78, 5) is 26.7. The number of hydrogen-bond acceptors (Lipinski definition) is 4. The number of hydrogen-bond donors (Lipinski definition) is 1. The third-order valence-electron chi connectivity index (χ3n) is 4.29. The number of rotatable bonds is 7. The molecule has 1 aliphatic rings. The van der Waals surface area contributed by atoms with Gasteiger partial charge >= 0.3 is 12.6 Å². The molecule has 25 heavy (non-hydrogen) atoms. The number of likely N-dealkylation sites (tertiary alicyclic amines) is 1. The Kier molecular flexibility index (Phi) is 6.69. The van der Waals surface area contributed by atoms with Gasteiger partial charge in [-0.3, -0.25) is 14.5 Å². The molecular formula is C17H22F2N2O4. The minimum absolute atomic E-state index is 0.0679. The Balaban J connectivity index is 1.79. The van der Waals surface area contributed by atoms with E-state index in [1.807, 2.05) is 4.90 Å². The van der Waals surface area contributed by atoms with Gasteiger partial charge in [-0.2, -0.15) is 8.78 Å². The van der Waals surface area contributed by atoms with Crippen molar-refractivity contribution in [2.75, 3.05) is 26.7 Å². The maximum Gasteiger partial charge on any atom is 0.387 e. The zero-order chi connectivity index (χ0) is 18.4. The Hall–Kier alpha value is -2.22. The second-order valence-corrected chi connectivity index (χ2v) is 6.16. The van der Waals surface area contributed by atoms with E-state index in [4.69, 9.17) is 5.11 Å². The summed E-state index contributed by atoms with van der Waals surface area (Å²) in [6, 6.07) is 6.16. The molecule has 0 aromatic heterocycles. The molecule has 0 aliphatic carbocycles. The summed E-state index contributed by atoms with van der Waals surface area (Å²) in [7, 11) is 1.68. The van der Waals surface area contributed by atoms with E-state index in [0.717, 1.165) is 5.56 Å². The maximum absolute atomic E-state index is 12.3. The van der Waals surface area contributed by atoms with Crippen LogP contribution in [-0.2, 0) is 16.1 Å². The number of aliphatic carboxylic acids is 1. The van der Waals surface area contributed by atoms with Gasteiger partial charge in [0.05, 0.1) is 12.5 Å². The summed E-state index contributed by atoms with van der Waals surface area (Å²) >= 11 is 0. The molecule has 1 N–H and O–H groups in total. The van der Waals surface area contributed by atoms with Gasteiger partial charge in [-0.1, -0.05) is 12.1 Å². The quantitative estimate of drug-likeness (QED) is 0.810. The number of nitrogens with zero attached hydrogens (tertiary/aromatic N) is 2. The molecule has 1 aromatic rings. The van der Waals surface area contributed by atoms with Crippen molar-refractivity contribution in [3.05, 3.63) is 29.8 Å². The molecule has 0 spiro atoms. The highest BCUT2D eigenvalue weighted by Gasteiger charge is 2.26. The molecule has 1 aromatic carbocycles. The van der Waals surface area contributed by atoms with Crippen LogP contribution in [-0.4, -0.2) is 60.1 Å². The maximum atomic E-state index is 12.3. The van der Waals surface area contributed by atoms with Crippen LogP contribution in [0, 0.1) is 5.92 Å². The summed E-state index contributed by atoms with van der Waals surface area (Å²) in [6.45, 7) is -1.07. The normalized spacial score (nSPS) is 16.0. The standard InChI is InChI=1S/C17H22F2N2O4/c1-20(10-12-2-4-14(5-3-12)25-17(18)19)15(22)11-21-8-6-13(7-9-21)16(23)24/h2-5,13,17H,6-11H2,1H3,(H,23,24). The lowest BCUT2D eigenvalue weighted by atomic mass is 9.97. The van der Waals surface area contributed by atoms with E-state index in [1.165, 1.54) is 12.1 Å². The summed E-state index contributed by atoms with van der Waals surface area (Å²) in [6.07, 6.45) is 1.11. The summed E-state index contributed by atoms with van der Waals surface area (Å²) in [5.74, 6) is -1.09. The molecule has 0 bridgehead atoms. The average Bonchev–Trinajstić information content (AvgIpc) is 2.56. The molecular weight excluding hydrogens is 334 g/mol. The number of ether oxygens (including phenoxy) is 1. The molecule has 1 aliphatic heterocycles. The van der Waals surface area contributed by atoms with Gasteiger partial charge in [0, 0.05) is 13.6 Å². The van der Waals surface area contributed by atoms with E-state index >= 15 is 0 Å². The third-order valence-corrected chi connectivity index (χ3v) is 4.29. The Morgan fingerprint density at radius 2 is 1.88 bits per heavy atom. The van der Waals surface area contributed by atoms with Crippen molar-refractivity contribution in [1.29, 1.82) is 0 Å². The lowest BCUT2D eigenvalue weighted by Crippen LogP contribution is -2.43. The minimum Gasteiger partial charge on any atom is -0.481 e. The SMILES string of the molecule is CN(Cc1ccc(OC(F)F)cc1)C(=O)CN1CCC(C(=O)O)CC1. The molecule has 8 heteroatoms. The fourth-order valence-electron chi connectivity index (χ4n) is 2.79. The second-order valence-electron chi connectivity index (χ2n) is 6.16. The molecule has 138 valence electrons. The van der Waals surface area contributed by atoms with Crippen molar-refractivity contribution in [2.45, 2.75) is 26.0 Å². The second kappa shape index (κ2) is 8.75. The van der Waals surface area contributed by atoms with E-state index in [9.17, 15) is 18.4 Å². The lowest BCUT2D eigenvalue weighted by Gasteiger charge is -2.30. The van der Waals surface area contributed by atoms with Gasteiger partial charge in [0.25, 0.3) is 0 Å². The number of carbonyl (C=O) groups is 2. The highest BCUT2D eigenvalue weighted by Crippen LogP contribution is 2.18. The summed E-state index contributed by atoms with van der Waals surface area (Å²) in [5, 5.41) is 8.98. The molecule has 6 nitrogen and oxygen atoms in total. The van der Waals surface area contributed by atoms with Gasteiger partial charge in [-0.25, -0.2) is 0 Å². The van der Waals surface area contributed by atoms with E-state index < -0.39 is 12.6 Å². The summed E-state index contributed by atoms with van der Waals surface area (Å²) < 4.78 is 28.5. The van der Waals surface area contributed by atoms with E-state index in [1.54, 1.807) is 24.1 Å². The van der Waals surface area contributed by atoms with Crippen molar-refractivity contribution in [1.82, 2.24) is 9.80 Å². The first-order chi connectivity index (χ1) is 11.8. The fourth-order valence-corrected chi connectivity index (χ4v) is 2.79. The van der Waals surface area contributed by atoms with Crippen LogP contribution in [0.15, 0.2) is 24.3 Å².